The number of carbonyl (C=O) groups is 2. The molecule has 10 heteroatoms. The molecule has 0 saturated heterocycles. The van der Waals surface area contributed by atoms with E-state index in [4.69, 9.17) is 0 Å². The predicted molar refractivity (Wildman–Crippen MR) is 133 cm³/mol. The maximum Gasteiger partial charge on any atom is 0.277 e. The number of non-ortho nitro benzene ring substituents is 2. The number of para-hydroxylation sites is 1. The van der Waals surface area contributed by atoms with Crippen molar-refractivity contribution in [2.24, 2.45) is 11.3 Å². The van der Waals surface area contributed by atoms with Gasteiger partial charge in [-0.1, -0.05) is 45.9 Å². The molecule has 1 atom stereocenters. The zero-order valence-corrected chi connectivity index (χ0v) is 20.5. The first kappa shape index (κ1) is 27.4. The molecule has 2 aromatic carbocycles. The average molecular weight is 485 g/mol. The van der Waals surface area contributed by atoms with Crippen LogP contribution in [0.15, 0.2) is 48.5 Å². The fraction of sp³-hybridized carbons (Fsp3) is 0.440. The van der Waals surface area contributed by atoms with Crippen molar-refractivity contribution in [3.63, 3.8) is 0 Å². The third kappa shape index (κ3) is 8.80. The van der Waals surface area contributed by atoms with Gasteiger partial charge >= 0.3 is 0 Å². The second kappa shape index (κ2) is 12.0. The third-order valence-corrected chi connectivity index (χ3v) is 5.26. The number of hydrogen-bond donors (Lipinski definition) is 1. The lowest BCUT2D eigenvalue weighted by Crippen LogP contribution is -2.35. The van der Waals surface area contributed by atoms with E-state index in [2.05, 4.69) is 26.1 Å². The zero-order valence-electron chi connectivity index (χ0n) is 20.5. The van der Waals surface area contributed by atoms with Crippen molar-refractivity contribution < 1.29 is 19.4 Å². The maximum atomic E-state index is 13.3. The second-order valence-corrected chi connectivity index (χ2v) is 9.82. The summed E-state index contributed by atoms with van der Waals surface area (Å²) in [6, 6.07) is 11.6. The van der Waals surface area contributed by atoms with Gasteiger partial charge in [0.15, 0.2) is 0 Å². The SMILES string of the molecule is C[C@@H](CC(=O)NCCCN(C(=O)c1cc([N+](=O)[O-])cc([N+](=O)[O-])c1)c1ccccc1)CC(C)(C)C. The zero-order chi connectivity index (χ0) is 26.2. The first-order valence-electron chi connectivity index (χ1n) is 11.4. The molecular weight excluding hydrogens is 452 g/mol. The molecule has 0 heterocycles. The summed E-state index contributed by atoms with van der Waals surface area (Å²) in [5, 5.41) is 25.3. The third-order valence-electron chi connectivity index (χ3n) is 5.26. The Kier molecular flexibility index (Phi) is 9.44. The first-order valence-corrected chi connectivity index (χ1v) is 11.4. The molecule has 0 aliphatic rings. The van der Waals surface area contributed by atoms with E-state index in [1.54, 1.807) is 30.3 Å². The molecule has 10 nitrogen and oxygen atoms in total. The lowest BCUT2D eigenvalue weighted by Gasteiger charge is -2.24. The highest BCUT2D eigenvalue weighted by Crippen LogP contribution is 2.27. The molecule has 2 rings (SSSR count). The van der Waals surface area contributed by atoms with Gasteiger partial charge in [0.05, 0.1) is 21.5 Å². The van der Waals surface area contributed by atoms with Crippen LogP contribution in [0.4, 0.5) is 17.1 Å². The Hall–Kier alpha value is -3.82. The molecule has 0 aliphatic carbocycles. The summed E-state index contributed by atoms with van der Waals surface area (Å²) >= 11 is 0. The van der Waals surface area contributed by atoms with Crippen LogP contribution in [0.1, 0.15) is 57.3 Å². The predicted octanol–water partition coefficient (Wildman–Crippen LogP) is 5.12. The van der Waals surface area contributed by atoms with Crippen molar-refractivity contribution in [1.82, 2.24) is 5.32 Å². The van der Waals surface area contributed by atoms with E-state index < -0.39 is 27.1 Å². The Morgan fingerprint density at radius 3 is 2.09 bits per heavy atom. The molecule has 0 aromatic heterocycles. The van der Waals surface area contributed by atoms with Gasteiger partial charge in [-0.25, -0.2) is 0 Å². The van der Waals surface area contributed by atoms with Gasteiger partial charge in [-0.3, -0.25) is 29.8 Å². The molecule has 0 spiro atoms. The second-order valence-electron chi connectivity index (χ2n) is 9.82. The number of benzene rings is 2. The number of nitrogens with one attached hydrogen (secondary N) is 1. The van der Waals surface area contributed by atoms with Crippen molar-refractivity contribution in [3.05, 3.63) is 74.3 Å². The molecule has 0 radical (unpaired) electrons. The van der Waals surface area contributed by atoms with Crippen molar-refractivity contribution >= 4 is 28.9 Å². The molecular formula is C25H32N4O6. The highest BCUT2D eigenvalue weighted by molar-refractivity contribution is 6.06. The van der Waals surface area contributed by atoms with E-state index in [1.807, 2.05) is 6.92 Å². The molecule has 0 aliphatic heterocycles. The average Bonchev–Trinajstić information content (AvgIpc) is 2.77. The number of anilines is 1. The van der Waals surface area contributed by atoms with Crippen LogP contribution in [0.3, 0.4) is 0 Å². The van der Waals surface area contributed by atoms with Crippen molar-refractivity contribution in [3.8, 4) is 0 Å². The summed E-state index contributed by atoms with van der Waals surface area (Å²) in [5.41, 5.74) is -0.552. The first-order chi connectivity index (χ1) is 16.4. The lowest BCUT2D eigenvalue weighted by atomic mass is 9.84. The number of nitro benzene ring substituents is 2. The van der Waals surface area contributed by atoms with Crippen LogP contribution >= 0.6 is 0 Å². The lowest BCUT2D eigenvalue weighted by molar-refractivity contribution is -0.394. The Bertz CT molecular complexity index is 1030. The van der Waals surface area contributed by atoms with Gasteiger partial charge < -0.3 is 10.2 Å². The van der Waals surface area contributed by atoms with Gasteiger partial charge in [0, 0.05) is 37.3 Å². The molecule has 2 amide bonds. The van der Waals surface area contributed by atoms with Gasteiger partial charge in [0.25, 0.3) is 17.3 Å². The Morgan fingerprint density at radius 2 is 1.57 bits per heavy atom. The number of carbonyl (C=O) groups excluding carboxylic acids is 2. The fourth-order valence-corrected chi connectivity index (χ4v) is 4.01. The molecule has 1 N–H and O–H groups in total. The van der Waals surface area contributed by atoms with E-state index in [-0.39, 0.29) is 29.3 Å². The molecule has 0 bridgehead atoms. The van der Waals surface area contributed by atoms with Crippen LogP contribution in [0.25, 0.3) is 0 Å². The molecule has 0 saturated carbocycles. The van der Waals surface area contributed by atoms with Crippen molar-refractivity contribution in [2.45, 2.75) is 47.0 Å². The molecule has 188 valence electrons. The van der Waals surface area contributed by atoms with Crippen molar-refractivity contribution in [1.29, 1.82) is 0 Å². The van der Waals surface area contributed by atoms with Crippen LogP contribution in [0.2, 0.25) is 0 Å². The van der Waals surface area contributed by atoms with E-state index in [0.29, 0.717) is 25.1 Å². The Morgan fingerprint density at radius 1 is 1.00 bits per heavy atom. The van der Waals surface area contributed by atoms with Gasteiger partial charge in [-0.05, 0) is 36.3 Å². The van der Waals surface area contributed by atoms with E-state index in [1.165, 1.54) is 4.90 Å². The van der Waals surface area contributed by atoms with Crippen LogP contribution in [0, 0.1) is 31.6 Å². The van der Waals surface area contributed by atoms with Crippen LogP contribution in [-0.4, -0.2) is 34.8 Å². The Labute approximate surface area is 204 Å². The summed E-state index contributed by atoms with van der Waals surface area (Å²) in [4.78, 5) is 47.9. The highest BCUT2D eigenvalue weighted by atomic mass is 16.6. The number of nitrogens with zero attached hydrogens (tertiary/aromatic N) is 3. The standard InChI is InChI=1S/C25H32N4O6/c1-18(17-25(2,3)4)13-23(30)26-11-8-12-27(20-9-6-5-7-10-20)24(31)19-14-21(28(32)33)16-22(15-19)29(34)35/h5-7,9-10,14-16,18H,8,11-13,17H2,1-4H3,(H,26,30)/t18-/m0/s1. The summed E-state index contributed by atoms with van der Waals surface area (Å²) in [7, 11) is 0. The van der Waals surface area contributed by atoms with Crippen molar-refractivity contribution in [2.75, 3.05) is 18.0 Å². The maximum absolute atomic E-state index is 13.3. The topological polar surface area (TPSA) is 136 Å². The molecule has 2 aromatic rings. The summed E-state index contributed by atoms with van der Waals surface area (Å²) in [6.45, 7) is 8.98. The summed E-state index contributed by atoms with van der Waals surface area (Å²) < 4.78 is 0. The van der Waals surface area contributed by atoms with E-state index >= 15 is 0 Å². The molecule has 0 unspecified atom stereocenters. The van der Waals surface area contributed by atoms with E-state index in [0.717, 1.165) is 24.6 Å². The molecule has 0 fully saturated rings. The fourth-order valence-electron chi connectivity index (χ4n) is 4.01. The normalized spacial score (nSPS) is 12.0. The van der Waals surface area contributed by atoms with Crippen LogP contribution in [-0.2, 0) is 4.79 Å². The minimum Gasteiger partial charge on any atom is -0.356 e. The molecule has 35 heavy (non-hydrogen) atoms. The highest BCUT2D eigenvalue weighted by Gasteiger charge is 2.24. The number of amides is 2. The summed E-state index contributed by atoms with van der Waals surface area (Å²) in [5.74, 6) is -0.427. The number of nitro groups is 2. The Balaban J connectivity index is 2.12. The van der Waals surface area contributed by atoms with Crippen LogP contribution in [0.5, 0.6) is 0 Å². The monoisotopic (exact) mass is 484 g/mol. The van der Waals surface area contributed by atoms with Gasteiger partial charge in [0.2, 0.25) is 5.91 Å². The van der Waals surface area contributed by atoms with Gasteiger partial charge in [0.1, 0.15) is 0 Å². The van der Waals surface area contributed by atoms with Gasteiger partial charge in [-0.2, -0.15) is 0 Å². The smallest absolute Gasteiger partial charge is 0.277 e. The quantitative estimate of drug-likeness (QED) is 0.267. The van der Waals surface area contributed by atoms with Crippen LogP contribution < -0.4 is 10.2 Å². The largest absolute Gasteiger partial charge is 0.356 e. The minimum absolute atomic E-state index is 0.0614. The van der Waals surface area contributed by atoms with E-state index in [9.17, 15) is 29.8 Å². The van der Waals surface area contributed by atoms with Gasteiger partial charge in [-0.15, -0.1) is 0 Å². The minimum atomic E-state index is -0.771. The number of rotatable bonds is 11. The number of hydrogen-bond acceptors (Lipinski definition) is 6. The summed E-state index contributed by atoms with van der Waals surface area (Å²) in [6.07, 6.45) is 1.76.